The number of primary amides is 2. The molecule has 0 radical (unpaired) electrons. The zero-order valence-electron chi connectivity index (χ0n) is 17.3. The molecular weight excluding hydrogens is 432 g/mol. The summed E-state index contributed by atoms with van der Waals surface area (Å²) in [6.07, 6.45) is -0.885. The van der Waals surface area contributed by atoms with Gasteiger partial charge in [-0.05, 0) is 5.92 Å². The Morgan fingerprint density at radius 3 is 1.77 bits per heavy atom. The summed E-state index contributed by atoms with van der Waals surface area (Å²) in [5.41, 5.74) is 15.7. The lowest BCUT2D eigenvalue weighted by Gasteiger charge is -2.27. The summed E-state index contributed by atoms with van der Waals surface area (Å²) in [5, 5.41) is 15.9. The fourth-order valence-corrected chi connectivity index (χ4v) is 2.56. The van der Waals surface area contributed by atoms with Crippen LogP contribution in [-0.2, 0) is 28.8 Å². The smallest absolute Gasteiger partial charge is 0.326 e. The Labute approximate surface area is 184 Å². The Kier molecular flexibility index (Phi) is 12.2. The second-order valence-electron chi connectivity index (χ2n) is 6.96. The quantitative estimate of drug-likeness (QED) is 0.121. The molecule has 31 heavy (non-hydrogen) atoms. The van der Waals surface area contributed by atoms with Gasteiger partial charge < -0.3 is 38.3 Å². The van der Waals surface area contributed by atoms with E-state index < -0.39 is 72.5 Å². The summed E-state index contributed by atoms with van der Waals surface area (Å²) in [5.74, 6) is -6.34. The van der Waals surface area contributed by atoms with E-state index in [-0.39, 0.29) is 11.7 Å². The van der Waals surface area contributed by atoms with Gasteiger partial charge in [-0.2, -0.15) is 12.6 Å². The summed E-state index contributed by atoms with van der Waals surface area (Å²) in [7, 11) is 0. The molecule has 0 saturated carbocycles. The highest BCUT2D eigenvalue weighted by atomic mass is 32.1. The van der Waals surface area contributed by atoms with E-state index >= 15 is 0 Å². The van der Waals surface area contributed by atoms with Crippen molar-refractivity contribution in [3.05, 3.63) is 0 Å². The fourth-order valence-electron chi connectivity index (χ4n) is 2.39. The number of carbonyl (C=O) groups excluding carboxylic acids is 5. The van der Waals surface area contributed by atoms with Gasteiger partial charge in [0.2, 0.25) is 29.5 Å². The number of nitrogens with one attached hydrogen (secondary N) is 3. The lowest BCUT2D eigenvalue weighted by molar-refractivity contribution is -0.144. The molecule has 0 fully saturated rings. The van der Waals surface area contributed by atoms with Crippen LogP contribution in [0.15, 0.2) is 0 Å². The number of carbonyl (C=O) groups is 6. The predicted octanol–water partition coefficient (Wildman–Crippen LogP) is -3.42. The van der Waals surface area contributed by atoms with E-state index in [0.717, 1.165) is 0 Å². The van der Waals surface area contributed by atoms with E-state index in [2.05, 4.69) is 23.3 Å². The molecule has 5 amide bonds. The number of carboxylic acid groups (broad SMARTS) is 1. The van der Waals surface area contributed by atoms with Crippen LogP contribution in [0.25, 0.3) is 0 Å². The van der Waals surface area contributed by atoms with Crippen LogP contribution in [0.5, 0.6) is 0 Å². The van der Waals surface area contributed by atoms with Gasteiger partial charge in [-0.3, -0.25) is 24.0 Å². The summed E-state index contributed by atoms with van der Waals surface area (Å²) in [6.45, 7) is 3.44. The average Bonchev–Trinajstić information content (AvgIpc) is 2.68. The van der Waals surface area contributed by atoms with Gasteiger partial charge in [0, 0.05) is 5.75 Å². The van der Waals surface area contributed by atoms with Crippen molar-refractivity contribution in [2.45, 2.75) is 57.3 Å². The van der Waals surface area contributed by atoms with E-state index in [1.807, 2.05) is 5.32 Å². The van der Waals surface area contributed by atoms with Gasteiger partial charge in [-0.1, -0.05) is 20.3 Å². The summed E-state index contributed by atoms with van der Waals surface area (Å²) >= 11 is 3.92. The summed E-state index contributed by atoms with van der Waals surface area (Å²) in [6, 6.07) is -5.30. The predicted molar refractivity (Wildman–Crippen MR) is 112 cm³/mol. The van der Waals surface area contributed by atoms with Crippen molar-refractivity contribution in [3.63, 3.8) is 0 Å². The van der Waals surface area contributed by atoms with E-state index in [4.69, 9.17) is 22.3 Å². The topological polar surface area (TPSA) is 237 Å². The first-order chi connectivity index (χ1) is 14.3. The molecule has 176 valence electrons. The highest BCUT2D eigenvalue weighted by Gasteiger charge is 2.33. The number of aliphatic carboxylic acids is 1. The number of rotatable bonds is 14. The Hall–Kier alpha value is -2.87. The van der Waals surface area contributed by atoms with Crippen LogP contribution in [0.2, 0.25) is 0 Å². The third-order valence-corrected chi connectivity index (χ3v) is 4.78. The van der Waals surface area contributed by atoms with E-state index in [0.29, 0.717) is 6.42 Å². The monoisotopic (exact) mass is 462 g/mol. The third kappa shape index (κ3) is 10.1. The molecule has 0 bridgehead atoms. The molecule has 10 N–H and O–H groups in total. The molecule has 0 spiro atoms. The lowest BCUT2D eigenvalue weighted by Crippen LogP contribution is -2.59. The number of hydrogen-bond donors (Lipinski definition) is 8. The molecule has 14 heteroatoms. The van der Waals surface area contributed by atoms with E-state index in [1.54, 1.807) is 13.8 Å². The number of carboxylic acids is 1. The van der Waals surface area contributed by atoms with E-state index in [9.17, 15) is 28.8 Å². The largest absolute Gasteiger partial charge is 0.480 e. The molecule has 0 aromatic carbocycles. The first-order valence-corrected chi connectivity index (χ1v) is 10.0. The highest BCUT2D eigenvalue weighted by Crippen LogP contribution is 2.09. The average molecular weight is 463 g/mol. The van der Waals surface area contributed by atoms with Crippen molar-refractivity contribution >= 4 is 48.1 Å². The van der Waals surface area contributed by atoms with E-state index in [1.165, 1.54) is 0 Å². The maximum Gasteiger partial charge on any atom is 0.326 e. The number of nitrogens with two attached hydrogens (primary N) is 3. The molecule has 0 saturated heterocycles. The Morgan fingerprint density at radius 2 is 1.35 bits per heavy atom. The Morgan fingerprint density at radius 1 is 0.871 bits per heavy atom. The van der Waals surface area contributed by atoms with Crippen LogP contribution in [-0.4, -0.2) is 70.5 Å². The van der Waals surface area contributed by atoms with Crippen molar-refractivity contribution in [3.8, 4) is 0 Å². The maximum absolute atomic E-state index is 12.8. The van der Waals surface area contributed by atoms with Gasteiger partial charge in [-0.15, -0.1) is 0 Å². The zero-order chi connectivity index (χ0) is 24.3. The van der Waals surface area contributed by atoms with Crippen molar-refractivity contribution in [1.29, 1.82) is 0 Å². The maximum atomic E-state index is 12.8. The number of thiol groups is 1. The lowest BCUT2D eigenvalue weighted by atomic mass is 9.97. The summed E-state index contributed by atoms with van der Waals surface area (Å²) < 4.78 is 0. The zero-order valence-corrected chi connectivity index (χ0v) is 18.2. The normalized spacial score (nSPS) is 15.5. The third-order valence-electron chi connectivity index (χ3n) is 4.38. The first-order valence-electron chi connectivity index (χ1n) is 9.40. The van der Waals surface area contributed by atoms with Crippen molar-refractivity contribution < 1.29 is 33.9 Å². The molecule has 13 nitrogen and oxygen atoms in total. The molecule has 0 aromatic rings. The minimum atomic E-state index is -1.67. The van der Waals surface area contributed by atoms with Crippen LogP contribution in [0.3, 0.4) is 0 Å². The minimum Gasteiger partial charge on any atom is -0.480 e. The van der Waals surface area contributed by atoms with Crippen molar-refractivity contribution in [2.75, 3.05) is 5.75 Å². The molecule has 0 heterocycles. The second kappa shape index (κ2) is 13.4. The van der Waals surface area contributed by atoms with Crippen LogP contribution >= 0.6 is 12.6 Å². The number of amides is 5. The van der Waals surface area contributed by atoms with Gasteiger partial charge in [0.15, 0.2) is 0 Å². The Bertz CT molecular complexity index is 704. The SMILES string of the molecule is CCC(C)C(NC(=O)C(N)CS)C(=O)NC(CC(N)=O)C(=O)NC(CC(N)=O)C(=O)O. The van der Waals surface area contributed by atoms with Crippen LogP contribution < -0.4 is 33.2 Å². The van der Waals surface area contributed by atoms with Crippen LogP contribution in [0.4, 0.5) is 0 Å². The van der Waals surface area contributed by atoms with Gasteiger partial charge in [0.05, 0.1) is 18.9 Å². The van der Waals surface area contributed by atoms with Gasteiger partial charge in [0.25, 0.3) is 0 Å². The molecular formula is C17H30N6O7S. The van der Waals surface area contributed by atoms with Gasteiger partial charge in [0.1, 0.15) is 18.1 Å². The van der Waals surface area contributed by atoms with Crippen LogP contribution in [0.1, 0.15) is 33.1 Å². The molecule has 5 unspecified atom stereocenters. The molecule has 0 aliphatic rings. The fraction of sp³-hybridized carbons (Fsp3) is 0.647. The minimum absolute atomic E-state index is 0.0316. The van der Waals surface area contributed by atoms with Crippen LogP contribution in [0, 0.1) is 5.92 Å². The first kappa shape index (κ1) is 28.1. The second-order valence-corrected chi connectivity index (χ2v) is 7.33. The van der Waals surface area contributed by atoms with Crippen molar-refractivity contribution in [1.82, 2.24) is 16.0 Å². The molecule has 0 rings (SSSR count). The number of hydrogen-bond acceptors (Lipinski definition) is 8. The molecule has 5 atom stereocenters. The Balaban J connectivity index is 5.56. The molecule has 0 aromatic heterocycles. The van der Waals surface area contributed by atoms with Gasteiger partial charge >= 0.3 is 5.97 Å². The van der Waals surface area contributed by atoms with Gasteiger partial charge in [-0.25, -0.2) is 4.79 Å². The van der Waals surface area contributed by atoms with Crippen molar-refractivity contribution in [2.24, 2.45) is 23.1 Å². The highest BCUT2D eigenvalue weighted by molar-refractivity contribution is 7.80. The standard InChI is InChI=1S/C17H30N6O7S/c1-3-7(2)13(23-14(26)8(18)6-31)16(28)21-9(4-11(19)24)15(27)22-10(17(29)30)5-12(20)25/h7-10,13,31H,3-6,18H2,1-2H3,(H2,19,24)(H2,20,25)(H,21,28)(H,22,27)(H,23,26)(H,29,30). The molecule has 0 aliphatic carbocycles. The molecule has 0 aliphatic heterocycles. The summed E-state index contributed by atoms with van der Waals surface area (Å²) in [4.78, 5) is 71.0.